The Labute approximate surface area is 180 Å². The first-order valence-corrected chi connectivity index (χ1v) is 10.6. The third-order valence-electron chi connectivity index (χ3n) is 5.70. The lowest BCUT2D eigenvalue weighted by atomic mass is 10.0. The third kappa shape index (κ3) is 6.16. The quantitative estimate of drug-likeness (QED) is 0.368. The summed E-state index contributed by atoms with van der Waals surface area (Å²) in [5, 5.41) is 21.0. The molecule has 0 saturated carbocycles. The van der Waals surface area contributed by atoms with E-state index >= 15 is 0 Å². The van der Waals surface area contributed by atoms with E-state index in [9.17, 15) is 34.2 Å². The lowest BCUT2D eigenvalue weighted by Crippen LogP contribution is -2.57. The van der Waals surface area contributed by atoms with Gasteiger partial charge in [0.15, 0.2) is 0 Å². The molecule has 3 amide bonds. The number of carbonyl (C=O) groups excluding carboxylic acids is 3. The van der Waals surface area contributed by atoms with Gasteiger partial charge in [0, 0.05) is 13.1 Å². The summed E-state index contributed by atoms with van der Waals surface area (Å²) in [4.78, 5) is 63.8. The number of nitrogens with zero attached hydrogens (tertiary/aromatic N) is 2. The highest BCUT2D eigenvalue weighted by Gasteiger charge is 2.43. The summed E-state index contributed by atoms with van der Waals surface area (Å²) in [5.41, 5.74) is 5.85. The first-order valence-electron chi connectivity index (χ1n) is 10.6. The van der Waals surface area contributed by atoms with Gasteiger partial charge in [-0.1, -0.05) is 13.8 Å². The van der Waals surface area contributed by atoms with Gasteiger partial charge in [-0.2, -0.15) is 0 Å². The molecule has 31 heavy (non-hydrogen) atoms. The van der Waals surface area contributed by atoms with Crippen molar-refractivity contribution in [3.63, 3.8) is 0 Å². The van der Waals surface area contributed by atoms with Gasteiger partial charge in [-0.15, -0.1) is 0 Å². The summed E-state index contributed by atoms with van der Waals surface area (Å²) in [6.07, 6.45) is 1.53. The minimum atomic E-state index is -1.36. The predicted octanol–water partition coefficient (Wildman–Crippen LogP) is -0.614. The van der Waals surface area contributed by atoms with Crippen LogP contribution in [-0.2, 0) is 24.0 Å². The van der Waals surface area contributed by atoms with Crippen LogP contribution >= 0.6 is 0 Å². The van der Waals surface area contributed by atoms with Gasteiger partial charge in [0.2, 0.25) is 17.7 Å². The van der Waals surface area contributed by atoms with Crippen molar-refractivity contribution in [2.75, 3.05) is 13.1 Å². The number of aliphatic carboxylic acids is 2. The Morgan fingerprint density at radius 3 is 2.13 bits per heavy atom. The minimum Gasteiger partial charge on any atom is -0.481 e. The lowest BCUT2D eigenvalue weighted by molar-refractivity contribution is -0.153. The zero-order valence-corrected chi connectivity index (χ0v) is 18.0. The summed E-state index contributed by atoms with van der Waals surface area (Å²) in [5.74, 6) is -3.97. The van der Waals surface area contributed by atoms with Crippen LogP contribution in [0.15, 0.2) is 0 Å². The molecule has 4 unspecified atom stereocenters. The average Bonchev–Trinajstić information content (AvgIpc) is 3.34. The normalized spacial score (nSPS) is 23.0. The molecular formula is C20H32N4O7. The number of nitrogens with one attached hydrogen (secondary N) is 1. The zero-order valence-electron chi connectivity index (χ0n) is 18.0. The lowest BCUT2D eigenvalue weighted by Gasteiger charge is -2.32. The monoisotopic (exact) mass is 440 g/mol. The van der Waals surface area contributed by atoms with E-state index in [-0.39, 0.29) is 12.5 Å². The number of likely N-dealkylation sites (tertiary alicyclic amines) is 2. The van der Waals surface area contributed by atoms with Crippen LogP contribution in [0.4, 0.5) is 0 Å². The van der Waals surface area contributed by atoms with E-state index < -0.39 is 60.2 Å². The number of nitrogens with two attached hydrogens (primary N) is 1. The van der Waals surface area contributed by atoms with Crippen molar-refractivity contribution >= 4 is 29.7 Å². The van der Waals surface area contributed by atoms with Crippen LogP contribution in [0.5, 0.6) is 0 Å². The second-order valence-corrected chi connectivity index (χ2v) is 8.61. The second kappa shape index (κ2) is 10.6. The van der Waals surface area contributed by atoms with Crippen molar-refractivity contribution < 1.29 is 34.2 Å². The first kappa shape index (κ1) is 24.6. The number of amides is 3. The summed E-state index contributed by atoms with van der Waals surface area (Å²) in [7, 11) is 0. The molecule has 2 heterocycles. The maximum Gasteiger partial charge on any atom is 0.326 e. The summed E-state index contributed by atoms with van der Waals surface area (Å²) < 4.78 is 0. The Morgan fingerprint density at radius 1 is 1.00 bits per heavy atom. The molecule has 0 aliphatic carbocycles. The van der Waals surface area contributed by atoms with Crippen LogP contribution in [0.1, 0.15) is 52.4 Å². The largest absolute Gasteiger partial charge is 0.481 e. The van der Waals surface area contributed by atoms with Gasteiger partial charge in [-0.25, -0.2) is 4.79 Å². The number of carbonyl (C=O) groups is 5. The van der Waals surface area contributed by atoms with Gasteiger partial charge in [0.05, 0.1) is 12.5 Å². The van der Waals surface area contributed by atoms with Crippen LogP contribution in [0, 0.1) is 5.92 Å². The zero-order chi connectivity index (χ0) is 23.3. The molecule has 0 aromatic carbocycles. The van der Waals surface area contributed by atoms with E-state index in [4.69, 9.17) is 5.73 Å². The number of hydrogen-bond donors (Lipinski definition) is 4. The van der Waals surface area contributed by atoms with Gasteiger partial charge in [-0.05, 0) is 38.0 Å². The Morgan fingerprint density at radius 2 is 1.58 bits per heavy atom. The number of carboxylic acid groups (broad SMARTS) is 2. The molecule has 2 rings (SSSR count). The molecule has 11 nitrogen and oxygen atoms in total. The summed E-state index contributed by atoms with van der Waals surface area (Å²) in [6.45, 7) is 4.30. The molecule has 4 atom stereocenters. The van der Waals surface area contributed by atoms with E-state index in [0.717, 1.165) is 0 Å². The SMILES string of the molecule is CC(C)CC(N)C(=O)NC(CC(=O)O)C(=O)N1CCCC1C(=O)N1CCCC1C(=O)O. The fraction of sp³-hybridized carbons (Fsp3) is 0.750. The van der Waals surface area contributed by atoms with Crippen molar-refractivity contribution in [2.45, 2.75) is 76.5 Å². The molecule has 2 aliphatic heterocycles. The van der Waals surface area contributed by atoms with Crippen molar-refractivity contribution in [3.8, 4) is 0 Å². The highest BCUT2D eigenvalue weighted by molar-refractivity contribution is 5.96. The van der Waals surface area contributed by atoms with Gasteiger partial charge < -0.3 is 31.1 Å². The van der Waals surface area contributed by atoms with Gasteiger partial charge in [0.1, 0.15) is 18.1 Å². The standard InChI is InChI=1S/C20H32N4O7/c1-11(2)9-12(21)17(27)22-13(10-16(25)26)18(28)23-7-3-5-14(23)19(29)24-8-4-6-15(24)20(30)31/h11-15H,3-10,21H2,1-2H3,(H,22,27)(H,25,26)(H,30,31). The number of hydrogen-bond acceptors (Lipinski definition) is 6. The number of carboxylic acids is 2. The fourth-order valence-electron chi connectivity index (χ4n) is 4.23. The second-order valence-electron chi connectivity index (χ2n) is 8.61. The molecule has 0 spiro atoms. The number of rotatable bonds is 9. The van der Waals surface area contributed by atoms with E-state index in [1.807, 2.05) is 13.8 Å². The molecule has 0 radical (unpaired) electrons. The van der Waals surface area contributed by atoms with E-state index in [2.05, 4.69) is 5.32 Å². The molecule has 0 bridgehead atoms. The molecule has 0 aromatic rings. The molecule has 2 saturated heterocycles. The summed E-state index contributed by atoms with van der Waals surface area (Å²) in [6, 6.07) is -4.04. The first-order chi connectivity index (χ1) is 14.5. The van der Waals surface area contributed by atoms with Crippen LogP contribution in [0.3, 0.4) is 0 Å². The minimum absolute atomic E-state index is 0.137. The topological polar surface area (TPSA) is 170 Å². The van der Waals surface area contributed by atoms with Crippen molar-refractivity contribution in [1.29, 1.82) is 0 Å². The smallest absolute Gasteiger partial charge is 0.326 e. The Kier molecular flexibility index (Phi) is 8.37. The van der Waals surface area contributed by atoms with Gasteiger partial charge in [-0.3, -0.25) is 19.2 Å². The van der Waals surface area contributed by atoms with Gasteiger partial charge >= 0.3 is 11.9 Å². The van der Waals surface area contributed by atoms with E-state index in [1.165, 1.54) is 9.80 Å². The van der Waals surface area contributed by atoms with Crippen LogP contribution in [-0.4, -0.2) is 86.9 Å². The Hall–Kier alpha value is -2.69. The average molecular weight is 440 g/mol. The van der Waals surface area contributed by atoms with Crippen molar-refractivity contribution in [1.82, 2.24) is 15.1 Å². The van der Waals surface area contributed by atoms with Crippen LogP contribution in [0.25, 0.3) is 0 Å². The Bertz CT molecular complexity index is 726. The third-order valence-corrected chi connectivity index (χ3v) is 5.70. The van der Waals surface area contributed by atoms with Crippen LogP contribution < -0.4 is 11.1 Å². The molecule has 174 valence electrons. The van der Waals surface area contributed by atoms with Crippen molar-refractivity contribution in [3.05, 3.63) is 0 Å². The molecule has 11 heteroatoms. The predicted molar refractivity (Wildman–Crippen MR) is 109 cm³/mol. The fourth-order valence-corrected chi connectivity index (χ4v) is 4.23. The molecule has 0 aromatic heterocycles. The maximum absolute atomic E-state index is 13.1. The van der Waals surface area contributed by atoms with Crippen LogP contribution in [0.2, 0.25) is 0 Å². The van der Waals surface area contributed by atoms with E-state index in [1.54, 1.807) is 0 Å². The highest BCUT2D eigenvalue weighted by atomic mass is 16.4. The van der Waals surface area contributed by atoms with E-state index in [0.29, 0.717) is 38.6 Å². The molecular weight excluding hydrogens is 408 g/mol. The van der Waals surface area contributed by atoms with Gasteiger partial charge in [0.25, 0.3) is 0 Å². The molecule has 5 N–H and O–H groups in total. The Balaban J connectivity index is 2.15. The highest BCUT2D eigenvalue weighted by Crippen LogP contribution is 2.26. The summed E-state index contributed by atoms with van der Waals surface area (Å²) >= 11 is 0. The maximum atomic E-state index is 13.1. The molecule has 2 fully saturated rings. The molecule has 2 aliphatic rings. The van der Waals surface area contributed by atoms with Crippen molar-refractivity contribution in [2.24, 2.45) is 11.7 Å².